The fourth-order valence-corrected chi connectivity index (χ4v) is 5.43. The van der Waals surface area contributed by atoms with E-state index in [1.165, 1.54) is 0 Å². The van der Waals surface area contributed by atoms with Gasteiger partial charge in [0.1, 0.15) is 11.3 Å². The quantitative estimate of drug-likeness (QED) is 0.352. The van der Waals surface area contributed by atoms with E-state index in [0.29, 0.717) is 0 Å². The van der Waals surface area contributed by atoms with Gasteiger partial charge < -0.3 is 4.52 Å². The molecular formula is C17H24Cl2NOPPd. The van der Waals surface area contributed by atoms with Gasteiger partial charge in [0.25, 0.3) is 0 Å². The molecule has 1 aromatic heterocycles. The molecule has 0 saturated carbocycles. The average Bonchev–Trinajstić information content (AvgIpc) is 2.43. The Morgan fingerprint density at radius 2 is 1.48 bits per heavy atom. The van der Waals surface area contributed by atoms with Crippen molar-refractivity contribution in [1.29, 1.82) is 0 Å². The molecule has 0 bridgehead atoms. The molecule has 2 rings (SSSR count). The molecular weight excluding hydrogens is 442 g/mol. The van der Waals surface area contributed by atoms with Crippen LogP contribution in [0.2, 0.25) is 0 Å². The van der Waals surface area contributed by atoms with Crippen LogP contribution in [-0.4, -0.2) is 15.3 Å². The zero-order chi connectivity index (χ0) is 17.7. The van der Waals surface area contributed by atoms with E-state index < -0.39 is 8.15 Å². The molecule has 6 heteroatoms. The van der Waals surface area contributed by atoms with E-state index in [2.05, 4.69) is 58.7 Å². The number of hydrogen-bond donors (Lipinski definition) is 0. The van der Waals surface area contributed by atoms with Crippen LogP contribution in [0.5, 0.6) is 5.75 Å². The Hall–Kier alpha value is 0.102. The second kappa shape index (κ2) is 8.98. The molecule has 0 amide bonds. The van der Waals surface area contributed by atoms with Crippen molar-refractivity contribution < 1.29 is 20.5 Å². The summed E-state index contributed by atoms with van der Waals surface area (Å²) < 4.78 is 6.46. The molecule has 132 valence electrons. The van der Waals surface area contributed by atoms with Crippen molar-refractivity contribution in [2.75, 3.05) is 0 Å². The number of halogens is 2. The summed E-state index contributed by atoms with van der Waals surface area (Å²) >= 11 is -0.106. The summed E-state index contributed by atoms with van der Waals surface area (Å²) in [5.74, 6) is 0.902. The molecule has 23 heavy (non-hydrogen) atoms. The monoisotopic (exact) mass is 465 g/mol. The summed E-state index contributed by atoms with van der Waals surface area (Å²) in [7, 11) is 9.00. The first-order chi connectivity index (χ1) is 10.6. The molecule has 0 fully saturated rings. The number of benzene rings is 1. The van der Waals surface area contributed by atoms with Gasteiger partial charge in [-0.1, -0.05) is 59.7 Å². The van der Waals surface area contributed by atoms with Gasteiger partial charge in [-0.25, -0.2) is 0 Å². The van der Waals surface area contributed by atoms with E-state index in [0.717, 1.165) is 16.7 Å². The van der Waals surface area contributed by atoms with Crippen LogP contribution in [0.3, 0.4) is 0 Å². The van der Waals surface area contributed by atoms with Gasteiger partial charge in [-0.2, -0.15) is 0 Å². The number of aromatic nitrogens is 1. The van der Waals surface area contributed by atoms with Crippen molar-refractivity contribution >= 4 is 38.1 Å². The van der Waals surface area contributed by atoms with Crippen LogP contribution in [0.1, 0.15) is 41.5 Å². The number of fused-ring (bicyclic) bond motifs is 1. The van der Waals surface area contributed by atoms with Crippen LogP contribution in [0.4, 0.5) is 0 Å². The number of pyridine rings is 1. The van der Waals surface area contributed by atoms with Crippen LogP contribution in [0.15, 0.2) is 36.5 Å². The van der Waals surface area contributed by atoms with Crippen LogP contribution < -0.4 is 4.52 Å². The van der Waals surface area contributed by atoms with E-state index in [1.54, 1.807) is 0 Å². The van der Waals surface area contributed by atoms with Gasteiger partial charge in [0.15, 0.2) is 0 Å². The number of nitrogens with zero attached hydrogens (tertiary/aromatic N) is 1. The Morgan fingerprint density at radius 1 is 0.957 bits per heavy atom. The molecule has 1 heterocycles. The first-order valence-corrected chi connectivity index (χ1v) is 12.5. The molecule has 0 aliphatic heterocycles. The summed E-state index contributed by atoms with van der Waals surface area (Å²) in [5, 5.41) is 1.39. The SMILES string of the molecule is CC(C)(C)P(Oc1cccc2cccnc12)C(C)(C)C.[Cl][Pd][Cl]. The van der Waals surface area contributed by atoms with Crippen LogP contribution >= 0.6 is 27.2 Å². The molecule has 0 atom stereocenters. The number of para-hydroxylation sites is 1. The van der Waals surface area contributed by atoms with E-state index >= 15 is 0 Å². The van der Waals surface area contributed by atoms with E-state index in [9.17, 15) is 0 Å². The van der Waals surface area contributed by atoms with Gasteiger partial charge in [0.05, 0.1) is 8.15 Å². The summed E-state index contributed by atoms with van der Waals surface area (Å²) in [6, 6.07) is 10.2. The molecule has 0 N–H and O–H groups in total. The third kappa shape index (κ3) is 6.49. The van der Waals surface area contributed by atoms with Gasteiger partial charge in [0, 0.05) is 21.9 Å². The maximum atomic E-state index is 6.46. The van der Waals surface area contributed by atoms with Gasteiger partial charge in [-0.3, -0.25) is 4.98 Å². The molecule has 0 aliphatic rings. The predicted molar refractivity (Wildman–Crippen MR) is 101 cm³/mol. The molecule has 0 unspecified atom stereocenters. The topological polar surface area (TPSA) is 22.1 Å². The average molecular weight is 467 g/mol. The Kier molecular flexibility index (Phi) is 8.26. The van der Waals surface area contributed by atoms with E-state index in [-0.39, 0.29) is 26.3 Å². The second-order valence-corrected chi connectivity index (χ2v) is 12.9. The normalized spacial score (nSPS) is 12.2. The number of rotatable bonds is 2. The Labute approximate surface area is 157 Å². The second-order valence-electron chi connectivity index (χ2n) is 7.10. The van der Waals surface area contributed by atoms with E-state index in [4.69, 9.17) is 23.6 Å². The summed E-state index contributed by atoms with van der Waals surface area (Å²) in [4.78, 5) is 4.48. The van der Waals surface area contributed by atoms with Crippen molar-refractivity contribution in [2.45, 2.75) is 51.9 Å². The van der Waals surface area contributed by atoms with Gasteiger partial charge >= 0.3 is 35.0 Å². The van der Waals surface area contributed by atoms with Gasteiger partial charge in [0.2, 0.25) is 0 Å². The molecule has 0 aliphatic carbocycles. The zero-order valence-corrected chi connectivity index (χ0v) is 18.3. The van der Waals surface area contributed by atoms with Crippen molar-refractivity contribution in [3.05, 3.63) is 36.5 Å². The van der Waals surface area contributed by atoms with Crippen molar-refractivity contribution in [2.24, 2.45) is 0 Å². The molecule has 2 aromatic rings. The minimum absolute atomic E-state index is 0.106. The molecule has 2 nitrogen and oxygen atoms in total. The van der Waals surface area contributed by atoms with E-state index in [1.807, 2.05) is 24.4 Å². The number of hydrogen-bond acceptors (Lipinski definition) is 2. The fraction of sp³-hybridized carbons (Fsp3) is 0.471. The molecule has 1 aromatic carbocycles. The predicted octanol–water partition coefficient (Wildman–Crippen LogP) is 6.98. The van der Waals surface area contributed by atoms with Crippen LogP contribution in [0, 0.1) is 0 Å². The molecule has 0 saturated heterocycles. The maximum absolute atomic E-state index is 6.46. The van der Waals surface area contributed by atoms with Gasteiger partial charge in [-0.15, -0.1) is 0 Å². The zero-order valence-electron chi connectivity index (χ0n) is 14.3. The first kappa shape index (κ1) is 21.1. The third-order valence-corrected chi connectivity index (χ3v) is 5.82. The molecule has 0 spiro atoms. The van der Waals surface area contributed by atoms with Crippen LogP contribution in [0.25, 0.3) is 10.9 Å². The van der Waals surface area contributed by atoms with Crippen molar-refractivity contribution in [3.63, 3.8) is 0 Å². The Balaban J connectivity index is 0.000000816. The summed E-state index contributed by atoms with van der Waals surface area (Å²) in [6.07, 6.45) is 1.83. The molecule has 0 radical (unpaired) electrons. The summed E-state index contributed by atoms with van der Waals surface area (Å²) in [6.45, 7) is 13.5. The Bertz CT molecular complexity index is 607. The van der Waals surface area contributed by atoms with Crippen molar-refractivity contribution in [3.8, 4) is 5.75 Å². The van der Waals surface area contributed by atoms with Crippen molar-refractivity contribution in [1.82, 2.24) is 4.98 Å². The standard InChI is InChI=1S/C17H24NOP.2ClH.Pd/c1-16(2,3)20(17(4,5)6)19-14-11-7-9-13-10-8-12-18-15(13)14;;;/h7-12H,1-6H3;2*1H;/q;;;+2/p-2. The minimum atomic E-state index is -0.632. The third-order valence-electron chi connectivity index (χ3n) is 3.00. The fourth-order valence-electron chi connectivity index (χ4n) is 2.53. The first-order valence-electron chi connectivity index (χ1n) is 7.25. The van der Waals surface area contributed by atoms with Gasteiger partial charge in [-0.05, 0) is 12.1 Å². The van der Waals surface area contributed by atoms with Crippen LogP contribution in [-0.2, 0) is 15.9 Å². The Morgan fingerprint density at radius 3 is 2.00 bits per heavy atom. The summed E-state index contributed by atoms with van der Waals surface area (Å²) in [5.41, 5.74) is 0.955.